The van der Waals surface area contributed by atoms with Gasteiger partial charge in [-0.25, -0.2) is 8.78 Å². The molecule has 0 aromatic heterocycles. The lowest BCUT2D eigenvalue weighted by molar-refractivity contribution is 0.510. The Morgan fingerprint density at radius 1 is 1.05 bits per heavy atom. The van der Waals surface area contributed by atoms with Gasteiger partial charge in [0.25, 0.3) is 0 Å². The zero-order chi connectivity index (χ0) is 14.3. The number of rotatable bonds is 2. The molecule has 0 unspecified atom stereocenters. The van der Waals surface area contributed by atoms with Gasteiger partial charge in [-0.05, 0) is 35.1 Å². The molecule has 2 aromatic carbocycles. The van der Waals surface area contributed by atoms with Crippen molar-refractivity contribution in [3.8, 4) is 11.1 Å². The fraction of sp³-hybridized carbons (Fsp3) is 0.222. The summed E-state index contributed by atoms with van der Waals surface area (Å²) in [5.41, 5.74) is 4.05. The molecule has 3 rings (SSSR count). The van der Waals surface area contributed by atoms with E-state index >= 15 is 0 Å². The topological polar surface area (TPSA) is 0 Å². The van der Waals surface area contributed by atoms with E-state index in [0.29, 0.717) is 17.9 Å². The SMILES string of the molecule is CC(C)C1=Cc2c(cc(F)c(F)c2-c2ccccc2)C1. The van der Waals surface area contributed by atoms with Crippen LogP contribution in [0.5, 0.6) is 0 Å². The van der Waals surface area contributed by atoms with E-state index in [1.165, 1.54) is 11.6 Å². The minimum absolute atomic E-state index is 0.385. The van der Waals surface area contributed by atoms with Crippen LogP contribution in [0.3, 0.4) is 0 Å². The lowest BCUT2D eigenvalue weighted by atomic mass is 9.96. The highest BCUT2D eigenvalue weighted by Crippen LogP contribution is 2.38. The first-order chi connectivity index (χ1) is 9.58. The van der Waals surface area contributed by atoms with Crippen LogP contribution in [0.15, 0.2) is 42.0 Å². The summed E-state index contributed by atoms with van der Waals surface area (Å²) in [6.07, 6.45) is 2.73. The maximum atomic E-state index is 14.3. The number of halogens is 2. The average molecular weight is 270 g/mol. The van der Waals surface area contributed by atoms with Crippen LogP contribution in [0.25, 0.3) is 17.2 Å². The van der Waals surface area contributed by atoms with Crippen LogP contribution < -0.4 is 0 Å². The number of fused-ring (bicyclic) bond motifs is 1. The summed E-state index contributed by atoms with van der Waals surface area (Å²) in [5, 5.41) is 0. The molecule has 0 N–H and O–H groups in total. The Labute approximate surface area is 117 Å². The molecule has 2 aromatic rings. The highest BCUT2D eigenvalue weighted by Gasteiger charge is 2.24. The third kappa shape index (κ3) is 2.05. The molecular formula is C18H16F2. The molecule has 0 amide bonds. The van der Waals surface area contributed by atoms with Crippen molar-refractivity contribution < 1.29 is 8.78 Å². The summed E-state index contributed by atoms with van der Waals surface area (Å²) in [6.45, 7) is 4.21. The Bertz CT molecular complexity index is 682. The van der Waals surface area contributed by atoms with Gasteiger partial charge in [0.15, 0.2) is 11.6 Å². The molecular weight excluding hydrogens is 254 g/mol. The van der Waals surface area contributed by atoms with Crippen molar-refractivity contribution >= 4 is 6.08 Å². The summed E-state index contributed by atoms with van der Waals surface area (Å²) in [6, 6.07) is 10.5. The minimum Gasteiger partial charge on any atom is -0.204 e. The molecule has 0 nitrogen and oxygen atoms in total. The molecule has 1 aliphatic rings. The standard InChI is InChI=1S/C18H16F2/c1-11(2)13-8-14-10-16(19)18(20)17(15(14)9-13)12-6-4-3-5-7-12/h3-7,9-11H,8H2,1-2H3. The van der Waals surface area contributed by atoms with Gasteiger partial charge in [0.1, 0.15) is 0 Å². The van der Waals surface area contributed by atoms with E-state index in [2.05, 4.69) is 13.8 Å². The second-order valence-electron chi connectivity index (χ2n) is 5.54. The van der Waals surface area contributed by atoms with Gasteiger partial charge in [-0.1, -0.05) is 55.8 Å². The first kappa shape index (κ1) is 13.0. The number of allylic oxidation sites excluding steroid dienone is 1. The molecule has 0 spiro atoms. The van der Waals surface area contributed by atoms with Crippen molar-refractivity contribution in [3.63, 3.8) is 0 Å². The molecule has 0 atom stereocenters. The largest absolute Gasteiger partial charge is 0.204 e. The van der Waals surface area contributed by atoms with E-state index in [9.17, 15) is 8.78 Å². The molecule has 0 heterocycles. The Morgan fingerprint density at radius 3 is 2.40 bits per heavy atom. The van der Waals surface area contributed by atoms with Crippen molar-refractivity contribution in [2.24, 2.45) is 5.92 Å². The van der Waals surface area contributed by atoms with E-state index in [1.54, 1.807) is 0 Å². The lowest BCUT2D eigenvalue weighted by Gasteiger charge is -2.10. The van der Waals surface area contributed by atoms with E-state index in [-0.39, 0.29) is 0 Å². The van der Waals surface area contributed by atoms with Crippen molar-refractivity contribution in [1.82, 2.24) is 0 Å². The molecule has 20 heavy (non-hydrogen) atoms. The Morgan fingerprint density at radius 2 is 1.75 bits per heavy atom. The van der Waals surface area contributed by atoms with E-state index in [0.717, 1.165) is 16.7 Å². The van der Waals surface area contributed by atoms with Gasteiger partial charge in [-0.2, -0.15) is 0 Å². The molecule has 0 bridgehead atoms. The molecule has 102 valence electrons. The third-order valence-corrected chi connectivity index (χ3v) is 3.87. The van der Waals surface area contributed by atoms with Gasteiger partial charge in [-0.15, -0.1) is 0 Å². The lowest BCUT2D eigenvalue weighted by Crippen LogP contribution is -1.97. The van der Waals surface area contributed by atoms with E-state index in [1.807, 2.05) is 36.4 Å². The van der Waals surface area contributed by atoms with Gasteiger partial charge >= 0.3 is 0 Å². The maximum absolute atomic E-state index is 14.3. The quantitative estimate of drug-likeness (QED) is 0.701. The van der Waals surface area contributed by atoms with Gasteiger partial charge in [0.05, 0.1) is 0 Å². The fourth-order valence-electron chi connectivity index (χ4n) is 2.72. The van der Waals surface area contributed by atoms with Gasteiger partial charge in [0.2, 0.25) is 0 Å². The second-order valence-corrected chi connectivity index (χ2v) is 5.54. The van der Waals surface area contributed by atoms with Crippen LogP contribution in [0.1, 0.15) is 25.0 Å². The maximum Gasteiger partial charge on any atom is 0.167 e. The summed E-state index contributed by atoms with van der Waals surface area (Å²) in [4.78, 5) is 0. The minimum atomic E-state index is -0.763. The van der Waals surface area contributed by atoms with Crippen LogP contribution in [0, 0.1) is 17.6 Å². The fourth-order valence-corrected chi connectivity index (χ4v) is 2.72. The van der Waals surface area contributed by atoms with Gasteiger partial charge < -0.3 is 0 Å². The normalized spacial score (nSPS) is 13.6. The Hall–Kier alpha value is -1.96. The van der Waals surface area contributed by atoms with Gasteiger partial charge in [0, 0.05) is 5.56 Å². The van der Waals surface area contributed by atoms with Crippen LogP contribution in [0.2, 0.25) is 0 Å². The number of benzene rings is 2. The van der Waals surface area contributed by atoms with E-state index in [4.69, 9.17) is 0 Å². The zero-order valence-electron chi connectivity index (χ0n) is 11.6. The molecule has 0 radical (unpaired) electrons. The Balaban J connectivity index is 2.25. The average Bonchev–Trinajstić information content (AvgIpc) is 2.84. The third-order valence-electron chi connectivity index (χ3n) is 3.87. The summed E-state index contributed by atoms with van der Waals surface area (Å²) in [7, 11) is 0. The van der Waals surface area contributed by atoms with Gasteiger partial charge in [-0.3, -0.25) is 0 Å². The van der Waals surface area contributed by atoms with Crippen LogP contribution in [-0.2, 0) is 6.42 Å². The van der Waals surface area contributed by atoms with Crippen LogP contribution in [0.4, 0.5) is 8.78 Å². The molecule has 2 heteroatoms. The van der Waals surface area contributed by atoms with Crippen molar-refractivity contribution in [2.75, 3.05) is 0 Å². The predicted octanol–water partition coefficient (Wildman–Crippen LogP) is 5.23. The molecule has 0 aliphatic heterocycles. The molecule has 0 fully saturated rings. The Kier molecular flexibility index (Phi) is 3.17. The molecule has 0 saturated heterocycles. The predicted molar refractivity (Wildman–Crippen MR) is 78.3 cm³/mol. The van der Waals surface area contributed by atoms with Crippen molar-refractivity contribution in [2.45, 2.75) is 20.3 Å². The second kappa shape index (κ2) is 4.86. The highest BCUT2D eigenvalue weighted by atomic mass is 19.2. The van der Waals surface area contributed by atoms with E-state index < -0.39 is 11.6 Å². The summed E-state index contributed by atoms with van der Waals surface area (Å²) >= 11 is 0. The highest BCUT2D eigenvalue weighted by molar-refractivity contribution is 5.81. The van der Waals surface area contributed by atoms with Crippen LogP contribution in [-0.4, -0.2) is 0 Å². The van der Waals surface area contributed by atoms with Crippen LogP contribution >= 0.6 is 0 Å². The number of hydrogen-bond acceptors (Lipinski definition) is 0. The zero-order valence-corrected chi connectivity index (χ0v) is 11.6. The number of hydrogen-bond donors (Lipinski definition) is 0. The smallest absolute Gasteiger partial charge is 0.167 e. The first-order valence-corrected chi connectivity index (χ1v) is 6.84. The van der Waals surface area contributed by atoms with Crippen molar-refractivity contribution in [3.05, 3.63) is 64.7 Å². The molecule has 0 saturated carbocycles. The monoisotopic (exact) mass is 270 g/mol. The first-order valence-electron chi connectivity index (χ1n) is 6.84. The van der Waals surface area contributed by atoms with Crippen molar-refractivity contribution in [1.29, 1.82) is 0 Å². The summed E-state index contributed by atoms with van der Waals surface area (Å²) in [5.74, 6) is -1.13. The summed E-state index contributed by atoms with van der Waals surface area (Å²) < 4.78 is 28.1. The molecule has 1 aliphatic carbocycles.